The van der Waals surface area contributed by atoms with Gasteiger partial charge in [0, 0.05) is 11.1 Å². The van der Waals surface area contributed by atoms with Gasteiger partial charge >= 0.3 is 0 Å². The Morgan fingerprint density at radius 2 is 1.89 bits per heavy atom. The Balaban J connectivity index is 2.12. The highest BCUT2D eigenvalue weighted by Crippen LogP contribution is 2.11. The van der Waals surface area contributed by atoms with Crippen molar-refractivity contribution < 1.29 is 9.48 Å². The van der Waals surface area contributed by atoms with Gasteiger partial charge in [0.2, 0.25) is 0 Å². The van der Waals surface area contributed by atoms with E-state index >= 15 is 0 Å². The second-order valence-corrected chi connectivity index (χ2v) is 3.97. The summed E-state index contributed by atoms with van der Waals surface area (Å²) < 4.78 is 6.03. The maximum atomic E-state index is 11.8. The number of hydrogen-bond acceptors (Lipinski definition) is 2. The number of benzene rings is 2. The molecule has 0 aliphatic rings. The lowest BCUT2D eigenvalue weighted by molar-refractivity contribution is -0.469. The zero-order valence-electron chi connectivity index (χ0n) is 10.2. The SMILES string of the molecule is COc1cccc(/C=[N+](\[O-])Cc2ccccc2)c1. The van der Waals surface area contributed by atoms with E-state index in [0.717, 1.165) is 21.6 Å². The Morgan fingerprint density at radius 3 is 2.61 bits per heavy atom. The summed E-state index contributed by atoms with van der Waals surface area (Å²) in [6.07, 6.45) is 1.56. The first kappa shape index (κ1) is 12.2. The molecule has 0 fully saturated rings. The van der Waals surface area contributed by atoms with Gasteiger partial charge in [0.1, 0.15) is 5.75 Å². The molecular formula is C15H15NO2. The third-order valence-corrected chi connectivity index (χ3v) is 2.57. The minimum atomic E-state index is 0.345. The molecule has 0 aliphatic carbocycles. The number of hydrogen-bond donors (Lipinski definition) is 0. The van der Waals surface area contributed by atoms with Gasteiger partial charge in [0.05, 0.1) is 7.11 Å². The Labute approximate surface area is 107 Å². The van der Waals surface area contributed by atoms with E-state index in [2.05, 4.69) is 0 Å². The second-order valence-electron chi connectivity index (χ2n) is 3.97. The van der Waals surface area contributed by atoms with E-state index in [9.17, 15) is 5.21 Å². The van der Waals surface area contributed by atoms with Crippen molar-refractivity contribution in [3.8, 4) is 5.75 Å². The Morgan fingerprint density at radius 1 is 1.11 bits per heavy atom. The van der Waals surface area contributed by atoms with Crippen LogP contribution in [0.2, 0.25) is 0 Å². The van der Waals surface area contributed by atoms with Crippen molar-refractivity contribution in [1.82, 2.24) is 0 Å². The largest absolute Gasteiger partial charge is 0.624 e. The molecule has 92 valence electrons. The van der Waals surface area contributed by atoms with E-state index in [4.69, 9.17) is 4.74 Å². The lowest BCUT2D eigenvalue weighted by Gasteiger charge is -2.04. The van der Waals surface area contributed by atoms with E-state index in [-0.39, 0.29) is 0 Å². The summed E-state index contributed by atoms with van der Waals surface area (Å²) in [4.78, 5) is 0. The van der Waals surface area contributed by atoms with Crippen LogP contribution in [0.3, 0.4) is 0 Å². The van der Waals surface area contributed by atoms with Gasteiger partial charge in [0.15, 0.2) is 12.8 Å². The van der Waals surface area contributed by atoms with Gasteiger partial charge in [0.25, 0.3) is 0 Å². The molecule has 3 heteroatoms. The van der Waals surface area contributed by atoms with E-state index < -0.39 is 0 Å². The van der Waals surface area contributed by atoms with Crippen molar-refractivity contribution in [2.24, 2.45) is 0 Å². The molecule has 0 atom stereocenters. The average molecular weight is 241 g/mol. The fraction of sp³-hybridized carbons (Fsp3) is 0.133. The quantitative estimate of drug-likeness (QED) is 0.357. The molecule has 2 aromatic rings. The van der Waals surface area contributed by atoms with Crippen LogP contribution in [0, 0.1) is 5.21 Å². The Hall–Kier alpha value is -2.29. The van der Waals surface area contributed by atoms with Crippen LogP contribution in [0.15, 0.2) is 54.6 Å². The van der Waals surface area contributed by atoms with E-state index in [0.29, 0.717) is 6.54 Å². The molecule has 0 N–H and O–H groups in total. The van der Waals surface area contributed by atoms with Crippen LogP contribution in [-0.2, 0) is 6.54 Å². The summed E-state index contributed by atoms with van der Waals surface area (Å²) >= 11 is 0. The second kappa shape index (κ2) is 5.87. The zero-order valence-corrected chi connectivity index (χ0v) is 10.2. The van der Waals surface area contributed by atoms with Crippen molar-refractivity contribution in [3.63, 3.8) is 0 Å². The first-order valence-corrected chi connectivity index (χ1v) is 5.74. The molecule has 2 aromatic carbocycles. The number of nitrogens with zero attached hydrogens (tertiary/aromatic N) is 1. The van der Waals surface area contributed by atoms with Gasteiger partial charge in [-0.05, 0) is 18.2 Å². The first-order chi connectivity index (χ1) is 8.78. The fourth-order valence-electron chi connectivity index (χ4n) is 1.70. The Kier molecular flexibility index (Phi) is 3.97. The highest BCUT2D eigenvalue weighted by molar-refractivity contribution is 5.76. The molecule has 3 nitrogen and oxygen atoms in total. The molecule has 0 heterocycles. The number of ether oxygens (including phenoxy) is 1. The summed E-state index contributed by atoms with van der Waals surface area (Å²) in [6.45, 7) is 0.345. The van der Waals surface area contributed by atoms with Crippen LogP contribution in [0.4, 0.5) is 0 Å². The van der Waals surface area contributed by atoms with Gasteiger partial charge in [-0.2, -0.15) is 0 Å². The van der Waals surface area contributed by atoms with Crippen molar-refractivity contribution >= 4 is 6.21 Å². The first-order valence-electron chi connectivity index (χ1n) is 5.74. The van der Waals surface area contributed by atoms with Gasteiger partial charge in [-0.25, -0.2) is 4.74 Å². The lowest BCUT2D eigenvalue weighted by atomic mass is 10.2. The monoisotopic (exact) mass is 241 g/mol. The lowest BCUT2D eigenvalue weighted by Crippen LogP contribution is -2.05. The van der Waals surface area contributed by atoms with Crippen LogP contribution in [0.25, 0.3) is 0 Å². The standard InChI is InChI=1S/C15H15NO2/c1-18-15-9-5-8-14(10-15)12-16(17)11-13-6-3-2-4-7-13/h2-10,12H,11H2,1H3/b16-12-. The minimum absolute atomic E-state index is 0.345. The molecule has 0 amide bonds. The summed E-state index contributed by atoms with van der Waals surface area (Å²) in [7, 11) is 1.61. The molecule has 0 spiro atoms. The molecule has 0 aromatic heterocycles. The van der Waals surface area contributed by atoms with Crippen LogP contribution in [-0.4, -0.2) is 18.1 Å². The third-order valence-electron chi connectivity index (χ3n) is 2.57. The van der Waals surface area contributed by atoms with Crippen molar-refractivity contribution in [2.45, 2.75) is 6.54 Å². The Bertz CT molecular complexity index is 535. The molecule has 2 rings (SSSR count). The summed E-state index contributed by atoms with van der Waals surface area (Å²) in [6, 6.07) is 17.1. The normalized spacial score (nSPS) is 11.3. The molecule has 0 saturated heterocycles. The van der Waals surface area contributed by atoms with Crippen molar-refractivity contribution in [1.29, 1.82) is 0 Å². The number of rotatable bonds is 4. The predicted octanol–water partition coefficient (Wildman–Crippen LogP) is 2.82. The topological polar surface area (TPSA) is 35.3 Å². The maximum Gasteiger partial charge on any atom is 0.182 e. The third kappa shape index (κ3) is 3.35. The average Bonchev–Trinajstić information content (AvgIpc) is 2.40. The highest BCUT2D eigenvalue weighted by Gasteiger charge is 2.00. The van der Waals surface area contributed by atoms with E-state index in [1.165, 1.54) is 0 Å². The van der Waals surface area contributed by atoms with Crippen molar-refractivity contribution in [3.05, 3.63) is 70.9 Å². The molecule has 0 radical (unpaired) electrons. The van der Waals surface area contributed by atoms with Crippen LogP contribution >= 0.6 is 0 Å². The maximum absolute atomic E-state index is 11.8. The predicted molar refractivity (Wildman–Crippen MR) is 71.9 cm³/mol. The molecule has 0 saturated carbocycles. The zero-order chi connectivity index (χ0) is 12.8. The smallest absolute Gasteiger partial charge is 0.182 e. The summed E-state index contributed by atoms with van der Waals surface area (Å²) in [5, 5.41) is 11.8. The molecule has 0 bridgehead atoms. The molecule has 0 aliphatic heterocycles. The van der Waals surface area contributed by atoms with Crippen LogP contribution in [0.1, 0.15) is 11.1 Å². The number of methoxy groups -OCH3 is 1. The molecular weight excluding hydrogens is 226 g/mol. The van der Waals surface area contributed by atoms with Crippen molar-refractivity contribution in [2.75, 3.05) is 7.11 Å². The van der Waals surface area contributed by atoms with Crippen LogP contribution < -0.4 is 4.74 Å². The van der Waals surface area contributed by atoms with Gasteiger partial charge in [-0.15, -0.1) is 0 Å². The fourth-order valence-corrected chi connectivity index (χ4v) is 1.70. The van der Waals surface area contributed by atoms with Gasteiger partial charge in [-0.3, -0.25) is 0 Å². The summed E-state index contributed by atoms with van der Waals surface area (Å²) in [5.74, 6) is 0.747. The van der Waals surface area contributed by atoms with E-state index in [1.807, 2.05) is 54.6 Å². The van der Waals surface area contributed by atoms with Gasteiger partial charge < -0.3 is 9.94 Å². The summed E-state index contributed by atoms with van der Waals surface area (Å²) in [5.41, 5.74) is 1.83. The highest BCUT2D eigenvalue weighted by atomic mass is 16.5. The molecule has 18 heavy (non-hydrogen) atoms. The van der Waals surface area contributed by atoms with E-state index in [1.54, 1.807) is 13.3 Å². The number of hydroxylamine groups is 1. The van der Waals surface area contributed by atoms with Crippen LogP contribution in [0.5, 0.6) is 5.75 Å². The van der Waals surface area contributed by atoms with Gasteiger partial charge in [-0.1, -0.05) is 36.4 Å². The minimum Gasteiger partial charge on any atom is -0.624 e. The molecule has 0 unspecified atom stereocenters.